The summed E-state index contributed by atoms with van der Waals surface area (Å²) in [5.74, 6) is -0.145. The SMILES string of the molecule is CN(CC(=O)N1CCC(n2cccc2)CC1)S(=O)(=O)c1ccccc1. The van der Waals surface area contributed by atoms with Gasteiger partial charge in [0.05, 0.1) is 11.4 Å². The Labute approximate surface area is 148 Å². The molecule has 3 rings (SSSR count). The number of aromatic nitrogens is 1. The highest BCUT2D eigenvalue weighted by molar-refractivity contribution is 7.89. The molecule has 1 fully saturated rings. The van der Waals surface area contributed by atoms with Crippen molar-refractivity contribution in [1.82, 2.24) is 13.8 Å². The summed E-state index contributed by atoms with van der Waals surface area (Å²) in [6, 6.07) is 12.6. The minimum absolute atomic E-state index is 0.134. The largest absolute Gasteiger partial charge is 0.351 e. The van der Waals surface area contributed by atoms with Crippen molar-refractivity contribution in [3.05, 3.63) is 54.9 Å². The van der Waals surface area contributed by atoms with Crippen LogP contribution in [0.4, 0.5) is 0 Å². The molecular weight excluding hydrogens is 338 g/mol. The number of piperidine rings is 1. The van der Waals surface area contributed by atoms with E-state index < -0.39 is 10.0 Å². The topological polar surface area (TPSA) is 62.6 Å². The normalized spacial score (nSPS) is 16.3. The van der Waals surface area contributed by atoms with Crippen LogP contribution >= 0.6 is 0 Å². The van der Waals surface area contributed by atoms with E-state index in [1.54, 1.807) is 35.2 Å². The number of likely N-dealkylation sites (N-methyl/N-ethyl adjacent to an activating group) is 1. The molecule has 2 aromatic rings. The molecule has 0 unspecified atom stereocenters. The molecule has 0 aliphatic carbocycles. The molecule has 0 atom stereocenters. The number of amides is 1. The highest BCUT2D eigenvalue weighted by Crippen LogP contribution is 2.23. The van der Waals surface area contributed by atoms with Crippen LogP contribution in [-0.4, -0.2) is 54.8 Å². The molecule has 1 aliphatic heterocycles. The van der Waals surface area contributed by atoms with Crippen LogP contribution in [0.15, 0.2) is 59.8 Å². The first-order chi connectivity index (χ1) is 12.0. The second-order valence-corrected chi connectivity index (χ2v) is 8.36. The number of carbonyl (C=O) groups is 1. The molecule has 1 aromatic carbocycles. The van der Waals surface area contributed by atoms with Crippen molar-refractivity contribution in [3.63, 3.8) is 0 Å². The number of nitrogens with zero attached hydrogens (tertiary/aromatic N) is 3. The maximum absolute atomic E-state index is 12.5. The third kappa shape index (κ3) is 3.93. The molecule has 0 saturated carbocycles. The Morgan fingerprint density at radius 3 is 2.28 bits per heavy atom. The Bertz CT molecular complexity index is 795. The van der Waals surface area contributed by atoms with E-state index in [-0.39, 0.29) is 17.3 Å². The van der Waals surface area contributed by atoms with E-state index in [2.05, 4.69) is 4.57 Å². The zero-order chi connectivity index (χ0) is 17.9. The average Bonchev–Trinajstić information content (AvgIpc) is 3.17. The van der Waals surface area contributed by atoms with Crippen LogP contribution in [0.25, 0.3) is 0 Å². The quantitative estimate of drug-likeness (QED) is 0.818. The fourth-order valence-electron chi connectivity index (χ4n) is 3.15. The Morgan fingerprint density at radius 1 is 1.08 bits per heavy atom. The molecule has 0 radical (unpaired) electrons. The molecule has 25 heavy (non-hydrogen) atoms. The number of hydrogen-bond acceptors (Lipinski definition) is 3. The summed E-state index contributed by atoms with van der Waals surface area (Å²) < 4.78 is 28.3. The molecular formula is C18H23N3O3S. The van der Waals surface area contributed by atoms with Crippen molar-refractivity contribution < 1.29 is 13.2 Å². The fraction of sp³-hybridized carbons (Fsp3) is 0.389. The highest BCUT2D eigenvalue weighted by atomic mass is 32.2. The lowest BCUT2D eigenvalue weighted by molar-refractivity contribution is -0.132. The monoisotopic (exact) mass is 361 g/mol. The number of rotatable bonds is 5. The molecule has 0 spiro atoms. The number of carbonyl (C=O) groups excluding carboxylic acids is 1. The molecule has 0 bridgehead atoms. The maximum Gasteiger partial charge on any atom is 0.243 e. The van der Waals surface area contributed by atoms with E-state index in [9.17, 15) is 13.2 Å². The molecule has 1 aromatic heterocycles. The maximum atomic E-state index is 12.5. The van der Waals surface area contributed by atoms with E-state index in [0.717, 1.165) is 17.1 Å². The van der Waals surface area contributed by atoms with Gasteiger partial charge in [0.1, 0.15) is 0 Å². The van der Waals surface area contributed by atoms with Crippen molar-refractivity contribution in [3.8, 4) is 0 Å². The Hall–Kier alpha value is -2.12. The van der Waals surface area contributed by atoms with Crippen molar-refractivity contribution in [2.45, 2.75) is 23.8 Å². The molecule has 0 N–H and O–H groups in total. The lowest BCUT2D eigenvalue weighted by Gasteiger charge is -2.33. The third-order valence-electron chi connectivity index (χ3n) is 4.68. The van der Waals surface area contributed by atoms with E-state index in [1.807, 2.05) is 24.5 Å². The van der Waals surface area contributed by atoms with Gasteiger partial charge in [0.2, 0.25) is 15.9 Å². The average molecular weight is 361 g/mol. The van der Waals surface area contributed by atoms with Gasteiger partial charge in [0, 0.05) is 38.6 Å². The lowest BCUT2D eigenvalue weighted by Crippen LogP contribution is -2.44. The molecule has 1 amide bonds. The fourth-order valence-corrected chi connectivity index (χ4v) is 4.29. The van der Waals surface area contributed by atoms with Crippen LogP contribution in [0.5, 0.6) is 0 Å². The van der Waals surface area contributed by atoms with Gasteiger partial charge in [-0.3, -0.25) is 4.79 Å². The van der Waals surface area contributed by atoms with Gasteiger partial charge in [-0.1, -0.05) is 18.2 Å². The minimum Gasteiger partial charge on any atom is -0.351 e. The molecule has 134 valence electrons. The first-order valence-electron chi connectivity index (χ1n) is 8.40. The van der Waals surface area contributed by atoms with Gasteiger partial charge in [-0.15, -0.1) is 0 Å². The minimum atomic E-state index is -3.64. The number of likely N-dealkylation sites (tertiary alicyclic amines) is 1. The third-order valence-corrected chi connectivity index (χ3v) is 6.49. The molecule has 7 heteroatoms. The second-order valence-electron chi connectivity index (χ2n) is 6.32. The zero-order valence-electron chi connectivity index (χ0n) is 14.3. The summed E-state index contributed by atoms with van der Waals surface area (Å²) >= 11 is 0. The van der Waals surface area contributed by atoms with Crippen molar-refractivity contribution in [2.24, 2.45) is 0 Å². The van der Waals surface area contributed by atoms with E-state index >= 15 is 0 Å². The number of benzene rings is 1. The summed E-state index contributed by atoms with van der Waals surface area (Å²) in [6.45, 7) is 1.17. The molecule has 1 aliphatic rings. The zero-order valence-corrected chi connectivity index (χ0v) is 15.1. The number of hydrogen-bond donors (Lipinski definition) is 0. The molecule has 6 nitrogen and oxygen atoms in total. The lowest BCUT2D eigenvalue weighted by atomic mass is 10.0. The van der Waals surface area contributed by atoms with E-state index in [4.69, 9.17) is 0 Å². The summed E-state index contributed by atoms with van der Waals surface area (Å²) in [6.07, 6.45) is 5.86. The summed E-state index contributed by atoms with van der Waals surface area (Å²) in [5.41, 5.74) is 0. The first-order valence-corrected chi connectivity index (χ1v) is 9.84. The van der Waals surface area contributed by atoms with E-state index in [0.29, 0.717) is 19.1 Å². The van der Waals surface area contributed by atoms with E-state index in [1.165, 1.54) is 7.05 Å². The van der Waals surface area contributed by atoms with Crippen LogP contribution in [0.1, 0.15) is 18.9 Å². The first kappa shape index (κ1) is 17.7. The predicted molar refractivity (Wildman–Crippen MR) is 95.5 cm³/mol. The molecule has 1 saturated heterocycles. The summed E-state index contributed by atoms with van der Waals surface area (Å²) in [5, 5.41) is 0. The van der Waals surface area contributed by atoms with Gasteiger partial charge in [-0.2, -0.15) is 4.31 Å². The van der Waals surface area contributed by atoms with Gasteiger partial charge >= 0.3 is 0 Å². The Balaban J connectivity index is 1.57. The van der Waals surface area contributed by atoms with Crippen LogP contribution < -0.4 is 0 Å². The van der Waals surface area contributed by atoms with Gasteiger partial charge < -0.3 is 9.47 Å². The second kappa shape index (κ2) is 7.41. The van der Waals surface area contributed by atoms with Gasteiger partial charge in [-0.25, -0.2) is 8.42 Å². The van der Waals surface area contributed by atoms with Crippen LogP contribution in [0.3, 0.4) is 0 Å². The van der Waals surface area contributed by atoms with Crippen LogP contribution in [0, 0.1) is 0 Å². The Morgan fingerprint density at radius 2 is 1.68 bits per heavy atom. The van der Waals surface area contributed by atoms with Gasteiger partial charge in [-0.05, 0) is 37.1 Å². The predicted octanol–water partition coefficient (Wildman–Crippen LogP) is 1.97. The van der Waals surface area contributed by atoms with Gasteiger partial charge in [0.15, 0.2) is 0 Å². The smallest absolute Gasteiger partial charge is 0.243 e. The summed E-state index contributed by atoms with van der Waals surface area (Å²) in [7, 11) is -2.19. The van der Waals surface area contributed by atoms with Crippen molar-refractivity contribution in [2.75, 3.05) is 26.7 Å². The highest BCUT2D eigenvalue weighted by Gasteiger charge is 2.27. The number of sulfonamides is 1. The van der Waals surface area contributed by atoms with Crippen molar-refractivity contribution in [1.29, 1.82) is 0 Å². The summed E-state index contributed by atoms with van der Waals surface area (Å²) in [4.78, 5) is 14.5. The van der Waals surface area contributed by atoms with Gasteiger partial charge in [0.25, 0.3) is 0 Å². The Kier molecular flexibility index (Phi) is 5.24. The van der Waals surface area contributed by atoms with Crippen molar-refractivity contribution >= 4 is 15.9 Å². The van der Waals surface area contributed by atoms with Crippen LogP contribution in [0.2, 0.25) is 0 Å². The molecule has 2 heterocycles. The van der Waals surface area contributed by atoms with Crippen LogP contribution in [-0.2, 0) is 14.8 Å². The standard InChI is InChI=1S/C18H23N3O3S/c1-19(25(23,24)17-7-3-2-4-8-17)15-18(22)21-13-9-16(10-14-21)20-11-5-6-12-20/h2-8,11-12,16H,9-10,13-15H2,1H3.